The van der Waals surface area contributed by atoms with Crippen molar-refractivity contribution in [3.8, 4) is 0 Å². The molecule has 1 heterocycles. The van der Waals surface area contributed by atoms with Crippen molar-refractivity contribution in [1.82, 2.24) is 9.55 Å². The van der Waals surface area contributed by atoms with Crippen LogP contribution < -0.4 is 11.2 Å². The lowest BCUT2D eigenvalue weighted by molar-refractivity contribution is 0.243. The van der Waals surface area contributed by atoms with Gasteiger partial charge >= 0.3 is 5.69 Å². The van der Waals surface area contributed by atoms with Crippen molar-refractivity contribution in [3.63, 3.8) is 0 Å². The van der Waals surface area contributed by atoms with E-state index in [1.807, 2.05) is 34.7 Å². The molecule has 0 unspecified atom stereocenters. The van der Waals surface area contributed by atoms with E-state index in [0.29, 0.717) is 12.0 Å². The van der Waals surface area contributed by atoms with Crippen LogP contribution in [-0.4, -0.2) is 21.3 Å². The van der Waals surface area contributed by atoms with Gasteiger partial charge in [-0.3, -0.25) is 14.3 Å². The van der Waals surface area contributed by atoms with Crippen molar-refractivity contribution >= 4 is 28.7 Å². The molecule has 1 aliphatic carbocycles. The van der Waals surface area contributed by atoms with Crippen molar-refractivity contribution in [2.24, 2.45) is 5.92 Å². The van der Waals surface area contributed by atoms with E-state index in [1.165, 1.54) is 4.57 Å². The highest BCUT2D eigenvalue weighted by Crippen LogP contribution is 2.26. The molecule has 0 aliphatic heterocycles. The van der Waals surface area contributed by atoms with Gasteiger partial charge in [-0.2, -0.15) is 0 Å². The van der Waals surface area contributed by atoms with Gasteiger partial charge < -0.3 is 5.11 Å². The fraction of sp³-hybridized carbons (Fsp3) is 0.333. The molecule has 0 aromatic carbocycles. The second-order valence-corrected chi connectivity index (χ2v) is 4.89. The molecule has 6 heteroatoms. The zero-order valence-electron chi connectivity index (χ0n) is 9.54. The molecule has 0 fully saturated rings. The molecular weight excluding hydrogens is 344 g/mol. The minimum atomic E-state index is -0.418. The largest absolute Gasteiger partial charge is 0.396 e. The summed E-state index contributed by atoms with van der Waals surface area (Å²) in [6.45, 7) is 0.0750. The van der Waals surface area contributed by atoms with Crippen LogP contribution in [-0.2, 0) is 0 Å². The molecule has 0 bridgehead atoms. The Bertz CT molecular complexity index is 600. The highest BCUT2D eigenvalue weighted by molar-refractivity contribution is 14.1. The minimum absolute atomic E-state index is 0.0750. The molecule has 0 saturated carbocycles. The number of allylic oxidation sites excluding steroid dienone is 1. The van der Waals surface area contributed by atoms with Gasteiger partial charge in [0.2, 0.25) is 0 Å². The van der Waals surface area contributed by atoms with Crippen molar-refractivity contribution in [2.75, 3.05) is 6.61 Å². The number of nitrogens with zero attached hydrogens (tertiary/aromatic N) is 1. The van der Waals surface area contributed by atoms with Gasteiger partial charge in [0, 0.05) is 18.7 Å². The SMILES string of the molecule is O=c1[nH]c(=O)n([C@H]2C=C[C@@H](CO)C2)cc1/C=C/[124I]. The smallest absolute Gasteiger partial charge is 0.328 e. The lowest BCUT2D eigenvalue weighted by Gasteiger charge is -2.13. The van der Waals surface area contributed by atoms with Gasteiger partial charge in [0.15, 0.2) is 0 Å². The second-order valence-electron chi connectivity index (χ2n) is 4.17. The Kier molecular flexibility index (Phi) is 4.18. The number of rotatable bonds is 3. The second kappa shape index (κ2) is 5.66. The molecule has 1 aromatic heterocycles. The summed E-state index contributed by atoms with van der Waals surface area (Å²) in [5.41, 5.74) is -0.353. The van der Waals surface area contributed by atoms with Crippen LogP contribution in [0, 0.1) is 5.92 Å². The Balaban J connectivity index is 2.40. The van der Waals surface area contributed by atoms with Crippen molar-refractivity contribution in [2.45, 2.75) is 12.5 Å². The number of aromatic nitrogens is 2. The Morgan fingerprint density at radius 3 is 2.89 bits per heavy atom. The topological polar surface area (TPSA) is 75.1 Å². The maximum Gasteiger partial charge on any atom is 0.328 e. The molecule has 2 rings (SSSR count). The first-order chi connectivity index (χ1) is 8.65. The van der Waals surface area contributed by atoms with Crippen LogP contribution in [0.4, 0.5) is 0 Å². The van der Waals surface area contributed by atoms with Crippen LogP contribution in [0.5, 0.6) is 0 Å². The third-order valence-corrected chi connectivity index (χ3v) is 3.34. The summed E-state index contributed by atoms with van der Waals surface area (Å²) in [5, 5.41) is 9.07. The van der Waals surface area contributed by atoms with E-state index in [9.17, 15) is 9.59 Å². The average Bonchev–Trinajstić information content (AvgIpc) is 2.81. The van der Waals surface area contributed by atoms with Gasteiger partial charge in [-0.05, 0) is 16.6 Å². The van der Waals surface area contributed by atoms with Crippen LogP contribution in [0.15, 0.2) is 32.0 Å². The molecule has 1 aromatic rings. The Morgan fingerprint density at radius 1 is 1.50 bits per heavy atom. The molecule has 96 valence electrons. The molecule has 1 aliphatic rings. The highest BCUT2D eigenvalue weighted by atomic mass is 124. The van der Waals surface area contributed by atoms with Crippen LogP contribution in [0.3, 0.4) is 0 Å². The first-order valence-corrected chi connectivity index (χ1v) is 6.81. The van der Waals surface area contributed by atoms with E-state index in [0.717, 1.165) is 0 Å². The number of halogens is 1. The number of aliphatic hydroxyl groups excluding tert-OH is 1. The van der Waals surface area contributed by atoms with E-state index >= 15 is 0 Å². The lowest BCUT2D eigenvalue weighted by Crippen LogP contribution is -2.32. The van der Waals surface area contributed by atoms with Crippen LogP contribution >= 0.6 is 22.6 Å². The van der Waals surface area contributed by atoms with Gasteiger partial charge in [0.05, 0.1) is 11.6 Å². The maximum atomic E-state index is 11.8. The Morgan fingerprint density at radius 2 is 2.28 bits per heavy atom. The van der Waals surface area contributed by atoms with Crippen molar-refractivity contribution < 1.29 is 5.11 Å². The number of aliphatic hydroxyl groups is 1. The predicted molar refractivity (Wildman–Crippen MR) is 77.7 cm³/mol. The van der Waals surface area contributed by atoms with E-state index in [-0.39, 0.29) is 24.1 Å². The van der Waals surface area contributed by atoms with Crippen LogP contribution in [0.2, 0.25) is 0 Å². The number of hydrogen-bond donors (Lipinski definition) is 2. The fourth-order valence-electron chi connectivity index (χ4n) is 2.03. The standard InChI is InChI=1S/C12H13IN2O3/c13-4-3-9-6-15(12(18)14-11(9)17)10-2-1-8(5-10)7-16/h1-4,6,8,10,16H,5,7H2,(H,14,17,18)/b4-3+/t8-,10+/m1/s1/i13-3. The molecule has 5 nitrogen and oxygen atoms in total. The van der Waals surface area contributed by atoms with Crippen LogP contribution in [0.25, 0.3) is 6.08 Å². The Labute approximate surface area is 117 Å². The number of H-pyrrole nitrogens is 1. The minimum Gasteiger partial charge on any atom is -0.396 e. The fourth-order valence-corrected chi connectivity index (χ4v) is 2.42. The molecule has 0 radical (unpaired) electrons. The zero-order valence-corrected chi connectivity index (χ0v) is 11.7. The van der Waals surface area contributed by atoms with Crippen LogP contribution in [0.1, 0.15) is 18.0 Å². The summed E-state index contributed by atoms with van der Waals surface area (Å²) in [7, 11) is 0. The van der Waals surface area contributed by atoms with Gasteiger partial charge in [-0.25, -0.2) is 4.79 Å². The quantitative estimate of drug-likeness (QED) is 0.627. The van der Waals surface area contributed by atoms with E-state index in [4.69, 9.17) is 5.11 Å². The first kappa shape index (κ1) is 13.3. The maximum absolute atomic E-state index is 11.8. The summed E-state index contributed by atoms with van der Waals surface area (Å²) in [6, 6.07) is -0.104. The van der Waals surface area contributed by atoms with Gasteiger partial charge in [-0.15, -0.1) is 0 Å². The lowest BCUT2D eigenvalue weighted by atomic mass is 10.1. The highest BCUT2D eigenvalue weighted by Gasteiger charge is 2.20. The van der Waals surface area contributed by atoms with Crippen molar-refractivity contribution in [3.05, 3.63) is 48.8 Å². The summed E-state index contributed by atoms with van der Waals surface area (Å²) in [6.07, 6.45) is 7.67. The molecule has 2 N–H and O–H groups in total. The predicted octanol–water partition coefficient (Wildman–Crippen LogP) is 1.05. The summed E-state index contributed by atoms with van der Waals surface area (Å²) < 4.78 is 3.22. The zero-order chi connectivity index (χ0) is 13.1. The molecule has 0 spiro atoms. The first-order valence-electron chi connectivity index (χ1n) is 5.57. The average molecular weight is 357 g/mol. The monoisotopic (exact) mass is 357 g/mol. The molecule has 0 amide bonds. The van der Waals surface area contributed by atoms with Gasteiger partial charge in [0.1, 0.15) is 0 Å². The number of aromatic amines is 1. The molecule has 0 saturated heterocycles. The van der Waals surface area contributed by atoms with E-state index in [1.54, 1.807) is 16.4 Å². The number of hydrogen-bond acceptors (Lipinski definition) is 3. The summed E-state index contributed by atoms with van der Waals surface area (Å²) in [4.78, 5) is 25.6. The van der Waals surface area contributed by atoms with Crippen molar-refractivity contribution in [1.29, 1.82) is 0 Å². The van der Waals surface area contributed by atoms with E-state index < -0.39 is 5.69 Å². The Hall–Kier alpha value is -1.15. The van der Waals surface area contributed by atoms with E-state index in [2.05, 4.69) is 4.98 Å². The molecule has 2 atom stereocenters. The summed E-state index contributed by atoms with van der Waals surface area (Å²) in [5.74, 6) is 0.0809. The third kappa shape index (κ3) is 2.64. The summed E-state index contributed by atoms with van der Waals surface area (Å²) >= 11 is 2.02. The number of nitrogens with one attached hydrogen (secondary N) is 1. The normalized spacial score (nSPS) is 23.0. The third-order valence-electron chi connectivity index (χ3n) is 2.98. The molecule has 18 heavy (non-hydrogen) atoms. The van der Waals surface area contributed by atoms with Gasteiger partial charge in [-0.1, -0.05) is 34.7 Å². The molecular formula is C12H13IN2O3. The van der Waals surface area contributed by atoms with Gasteiger partial charge in [0.25, 0.3) is 5.56 Å².